The van der Waals surface area contributed by atoms with E-state index in [9.17, 15) is 18.7 Å². The van der Waals surface area contributed by atoms with E-state index < -0.39 is 17.4 Å². The Labute approximate surface area is 148 Å². The molecule has 136 valence electrons. The highest BCUT2D eigenvalue weighted by Crippen LogP contribution is 2.27. The summed E-state index contributed by atoms with van der Waals surface area (Å²) in [5.74, 6) is -2.13. The van der Waals surface area contributed by atoms with Crippen LogP contribution in [0.15, 0.2) is 36.5 Å². The predicted octanol–water partition coefficient (Wildman–Crippen LogP) is 3.54. The van der Waals surface area contributed by atoms with Crippen molar-refractivity contribution in [2.75, 3.05) is 6.61 Å². The first-order valence-corrected chi connectivity index (χ1v) is 8.19. The number of carbonyl (C=O) groups excluding carboxylic acids is 1. The molecule has 0 saturated heterocycles. The standard InChI is InChI=1S/C19H18F2N2O3/c1-12(25)3-2-6-26-19-16(20)8-15(9-17(19)21)23-18-5-4-13(11-24)7-14(18)10-22-23/h4-5,7-10,24H,2-3,6,11H2,1H3. The summed E-state index contributed by atoms with van der Waals surface area (Å²) < 4.78 is 35.2. The number of aromatic nitrogens is 2. The molecule has 0 bridgehead atoms. The molecule has 0 unspecified atom stereocenters. The van der Waals surface area contributed by atoms with Gasteiger partial charge >= 0.3 is 0 Å². The van der Waals surface area contributed by atoms with E-state index in [1.54, 1.807) is 24.4 Å². The van der Waals surface area contributed by atoms with Crippen LogP contribution >= 0.6 is 0 Å². The Morgan fingerprint density at radius 2 is 1.96 bits per heavy atom. The fourth-order valence-electron chi connectivity index (χ4n) is 2.69. The lowest BCUT2D eigenvalue weighted by Crippen LogP contribution is -2.05. The lowest BCUT2D eigenvalue weighted by molar-refractivity contribution is -0.117. The minimum atomic E-state index is -0.835. The number of aliphatic hydroxyl groups is 1. The van der Waals surface area contributed by atoms with Gasteiger partial charge < -0.3 is 14.6 Å². The van der Waals surface area contributed by atoms with Gasteiger partial charge in [0.15, 0.2) is 17.4 Å². The molecule has 0 aliphatic heterocycles. The van der Waals surface area contributed by atoms with Crippen LogP contribution in [0.25, 0.3) is 16.6 Å². The minimum Gasteiger partial charge on any atom is -0.488 e. The summed E-state index contributed by atoms with van der Waals surface area (Å²) in [6.45, 7) is 1.41. The molecule has 1 N–H and O–H groups in total. The van der Waals surface area contributed by atoms with Crippen molar-refractivity contribution in [3.8, 4) is 11.4 Å². The van der Waals surface area contributed by atoms with Crippen molar-refractivity contribution in [2.24, 2.45) is 0 Å². The highest BCUT2D eigenvalue weighted by Gasteiger charge is 2.15. The molecule has 1 aromatic heterocycles. The molecule has 0 spiro atoms. The van der Waals surface area contributed by atoms with E-state index in [2.05, 4.69) is 5.10 Å². The first kappa shape index (κ1) is 18.0. The van der Waals surface area contributed by atoms with Crippen LogP contribution in [0.2, 0.25) is 0 Å². The van der Waals surface area contributed by atoms with Crippen LogP contribution in [0.3, 0.4) is 0 Å². The number of fused-ring (bicyclic) bond motifs is 1. The van der Waals surface area contributed by atoms with Gasteiger partial charge in [0.05, 0.1) is 30.6 Å². The normalized spacial score (nSPS) is 11.1. The van der Waals surface area contributed by atoms with Gasteiger partial charge in [-0.05, 0) is 31.0 Å². The zero-order chi connectivity index (χ0) is 18.7. The Kier molecular flexibility index (Phi) is 5.27. The van der Waals surface area contributed by atoms with Crippen molar-refractivity contribution < 1.29 is 23.4 Å². The molecule has 0 radical (unpaired) electrons. The second kappa shape index (κ2) is 7.61. The van der Waals surface area contributed by atoms with Crippen molar-refractivity contribution in [3.05, 3.63) is 53.7 Å². The second-order valence-corrected chi connectivity index (χ2v) is 6.00. The number of carbonyl (C=O) groups is 1. The van der Waals surface area contributed by atoms with Gasteiger partial charge in [-0.2, -0.15) is 5.10 Å². The molecule has 3 rings (SSSR count). The van der Waals surface area contributed by atoms with E-state index in [-0.39, 0.29) is 24.7 Å². The molecule has 3 aromatic rings. The number of ketones is 1. The molecule has 0 fully saturated rings. The Hall–Kier alpha value is -2.80. The highest BCUT2D eigenvalue weighted by molar-refractivity contribution is 5.81. The maximum absolute atomic E-state index is 14.3. The summed E-state index contributed by atoms with van der Waals surface area (Å²) in [5, 5.41) is 14.1. The highest BCUT2D eigenvalue weighted by atomic mass is 19.1. The lowest BCUT2D eigenvalue weighted by atomic mass is 10.1. The summed E-state index contributed by atoms with van der Waals surface area (Å²) in [6, 6.07) is 7.51. The Bertz CT molecular complexity index is 930. The first-order valence-electron chi connectivity index (χ1n) is 8.19. The van der Waals surface area contributed by atoms with Crippen molar-refractivity contribution in [2.45, 2.75) is 26.4 Å². The SMILES string of the molecule is CC(=O)CCCOc1c(F)cc(-n2ncc3cc(CO)ccc32)cc1F. The zero-order valence-electron chi connectivity index (χ0n) is 14.2. The monoisotopic (exact) mass is 360 g/mol. The van der Waals surface area contributed by atoms with Gasteiger partial charge in [0.1, 0.15) is 5.78 Å². The number of Topliss-reactive ketones (excluding diaryl/α,β-unsaturated/α-hetero) is 1. The van der Waals surface area contributed by atoms with E-state index in [0.29, 0.717) is 18.4 Å². The Balaban J connectivity index is 1.87. The Morgan fingerprint density at radius 1 is 1.23 bits per heavy atom. The van der Waals surface area contributed by atoms with Crippen LogP contribution in [0.1, 0.15) is 25.3 Å². The number of ether oxygens (including phenoxy) is 1. The molecule has 5 nitrogen and oxygen atoms in total. The largest absolute Gasteiger partial charge is 0.488 e. The number of halogens is 2. The maximum Gasteiger partial charge on any atom is 0.190 e. The molecule has 0 aliphatic rings. The number of aliphatic hydroxyl groups excluding tert-OH is 1. The van der Waals surface area contributed by atoms with Gasteiger partial charge in [-0.25, -0.2) is 13.5 Å². The first-order chi connectivity index (χ1) is 12.5. The zero-order valence-corrected chi connectivity index (χ0v) is 14.2. The molecular formula is C19H18F2N2O3. The summed E-state index contributed by atoms with van der Waals surface area (Å²) in [4.78, 5) is 10.9. The molecule has 26 heavy (non-hydrogen) atoms. The quantitative estimate of drug-likeness (QED) is 0.655. The summed E-state index contributed by atoms with van der Waals surface area (Å²) in [7, 11) is 0. The smallest absolute Gasteiger partial charge is 0.190 e. The fourth-order valence-corrected chi connectivity index (χ4v) is 2.69. The molecule has 0 aliphatic carbocycles. The van der Waals surface area contributed by atoms with E-state index in [1.165, 1.54) is 11.6 Å². The van der Waals surface area contributed by atoms with Crippen molar-refractivity contribution >= 4 is 16.7 Å². The van der Waals surface area contributed by atoms with Crippen LogP contribution in [0.4, 0.5) is 8.78 Å². The van der Waals surface area contributed by atoms with Crippen LogP contribution < -0.4 is 4.74 Å². The Morgan fingerprint density at radius 3 is 2.62 bits per heavy atom. The van der Waals surface area contributed by atoms with Crippen molar-refractivity contribution in [1.29, 1.82) is 0 Å². The summed E-state index contributed by atoms with van der Waals surface area (Å²) in [6.07, 6.45) is 2.26. The van der Waals surface area contributed by atoms with Gasteiger partial charge in [0.2, 0.25) is 0 Å². The average Bonchev–Trinajstić information content (AvgIpc) is 3.03. The predicted molar refractivity (Wildman–Crippen MR) is 92.3 cm³/mol. The average molecular weight is 360 g/mol. The van der Waals surface area contributed by atoms with Gasteiger partial charge in [-0.3, -0.25) is 0 Å². The number of rotatable bonds is 7. The van der Waals surface area contributed by atoms with Gasteiger partial charge in [-0.1, -0.05) is 6.07 Å². The maximum atomic E-state index is 14.3. The molecule has 7 heteroatoms. The molecular weight excluding hydrogens is 342 g/mol. The topological polar surface area (TPSA) is 64.4 Å². The number of hydrogen-bond donors (Lipinski definition) is 1. The molecule has 0 saturated carbocycles. The van der Waals surface area contributed by atoms with E-state index >= 15 is 0 Å². The number of benzene rings is 2. The van der Waals surface area contributed by atoms with Gasteiger partial charge in [0.25, 0.3) is 0 Å². The third-order valence-electron chi connectivity index (χ3n) is 3.96. The van der Waals surface area contributed by atoms with Gasteiger partial charge in [-0.15, -0.1) is 0 Å². The van der Waals surface area contributed by atoms with Crippen LogP contribution in [0, 0.1) is 11.6 Å². The van der Waals surface area contributed by atoms with E-state index in [1.807, 2.05) is 0 Å². The fraction of sp³-hybridized carbons (Fsp3) is 0.263. The van der Waals surface area contributed by atoms with Crippen molar-refractivity contribution in [1.82, 2.24) is 9.78 Å². The third-order valence-corrected chi connectivity index (χ3v) is 3.96. The molecule has 0 amide bonds. The molecule has 0 atom stereocenters. The van der Waals surface area contributed by atoms with Crippen LogP contribution in [-0.2, 0) is 11.4 Å². The second-order valence-electron chi connectivity index (χ2n) is 6.00. The molecule has 1 heterocycles. The lowest BCUT2D eigenvalue weighted by Gasteiger charge is -2.11. The van der Waals surface area contributed by atoms with Crippen LogP contribution in [0.5, 0.6) is 5.75 Å². The number of hydrogen-bond acceptors (Lipinski definition) is 4. The van der Waals surface area contributed by atoms with Crippen molar-refractivity contribution in [3.63, 3.8) is 0 Å². The minimum absolute atomic E-state index is 0.000178. The summed E-state index contributed by atoms with van der Waals surface area (Å²) in [5.41, 5.74) is 1.61. The van der Waals surface area contributed by atoms with Crippen LogP contribution in [-0.4, -0.2) is 27.3 Å². The summed E-state index contributed by atoms with van der Waals surface area (Å²) >= 11 is 0. The number of nitrogens with zero attached hydrogens (tertiary/aromatic N) is 2. The molecule has 2 aromatic carbocycles. The van der Waals surface area contributed by atoms with E-state index in [4.69, 9.17) is 4.74 Å². The van der Waals surface area contributed by atoms with E-state index in [0.717, 1.165) is 23.1 Å². The van der Waals surface area contributed by atoms with Gasteiger partial charge in [0, 0.05) is 23.9 Å². The third kappa shape index (κ3) is 3.72.